The molecule has 1 aromatic rings. The van der Waals surface area contributed by atoms with Crippen LogP contribution in [0.15, 0.2) is 25.3 Å². The highest BCUT2D eigenvalue weighted by molar-refractivity contribution is 5.96. The van der Waals surface area contributed by atoms with Crippen LogP contribution in [0.25, 0.3) is 12.2 Å². The number of hydrogen-bond donors (Lipinski definition) is 1. The average molecular weight is 203 g/mol. The predicted molar refractivity (Wildman–Crippen MR) is 62.4 cm³/mol. The summed E-state index contributed by atoms with van der Waals surface area (Å²) in [6, 6.07) is 3.32. The number of esters is 1. The highest BCUT2D eigenvalue weighted by Gasteiger charge is 2.11. The first-order chi connectivity index (χ1) is 7.13. The van der Waals surface area contributed by atoms with Crippen LogP contribution in [-0.4, -0.2) is 13.1 Å². The van der Waals surface area contributed by atoms with E-state index in [-0.39, 0.29) is 0 Å². The predicted octanol–water partition coefficient (Wildman–Crippen LogP) is 2.34. The maximum absolute atomic E-state index is 11.3. The van der Waals surface area contributed by atoms with E-state index in [4.69, 9.17) is 5.73 Å². The van der Waals surface area contributed by atoms with Gasteiger partial charge in [-0.2, -0.15) is 0 Å². The summed E-state index contributed by atoms with van der Waals surface area (Å²) in [6.07, 6.45) is 3.30. The lowest BCUT2D eigenvalue weighted by Gasteiger charge is -2.08. The van der Waals surface area contributed by atoms with E-state index < -0.39 is 5.97 Å². The van der Waals surface area contributed by atoms with Crippen LogP contribution in [0.3, 0.4) is 0 Å². The summed E-state index contributed by atoms with van der Waals surface area (Å²) in [6.45, 7) is 7.31. The molecule has 2 N–H and O–H groups in total. The van der Waals surface area contributed by atoms with Gasteiger partial charge in [-0.3, -0.25) is 0 Å². The van der Waals surface area contributed by atoms with Gasteiger partial charge < -0.3 is 10.5 Å². The number of rotatable bonds is 3. The molecule has 0 spiro atoms. The zero-order chi connectivity index (χ0) is 11.4. The maximum Gasteiger partial charge on any atom is 0.339 e. The number of hydrogen-bond acceptors (Lipinski definition) is 3. The lowest BCUT2D eigenvalue weighted by atomic mass is 10.0. The van der Waals surface area contributed by atoms with Crippen LogP contribution in [0, 0.1) is 0 Å². The topological polar surface area (TPSA) is 52.3 Å². The fourth-order valence-electron chi connectivity index (χ4n) is 1.29. The Kier molecular flexibility index (Phi) is 3.29. The first-order valence-corrected chi connectivity index (χ1v) is 4.40. The Labute approximate surface area is 88.9 Å². The fourth-order valence-corrected chi connectivity index (χ4v) is 1.29. The Morgan fingerprint density at radius 2 is 1.87 bits per heavy atom. The van der Waals surface area contributed by atoms with Gasteiger partial charge in [0.15, 0.2) is 0 Å². The van der Waals surface area contributed by atoms with Gasteiger partial charge in [-0.15, -0.1) is 0 Å². The van der Waals surface area contributed by atoms with Crippen LogP contribution in [0.4, 0.5) is 5.69 Å². The van der Waals surface area contributed by atoms with E-state index in [1.54, 1.807) is 24.3 Å². The summed E-state index contributed by atoms with van der Waals surface area (Å²) >= 11 is 0. The summed E-state index contributed by atoms with van der Waals surface area (Å²) in [4.78, 5) is 11.3. The molecule has 0 amide bonds. The third kappa shape index (κ3) is 2.07. The van der Waals surface area contributed by atoms with Crippen molar-refractivity contribution >= 4 is 23.8 Å². The molecule has 0 bridgehead atoms. The van der Waals surface area contributed by atoms with E-state index >= 15 is 0 Å². The van der Waals surface area contributed by atoms with Gasteiger partial charge >= 0.3 is 5.97 Å². The number of carbonyl (C=O) groups excluding carboxylic acids is 1. The van der Waals surface area contributed by atoms with Crippen molar-refractivity contribution in [2.45, 2.75) is 0 Å². The van der Waals surface area contributed by atoms with Gasteiger partial charge in [0, 0.05) is 5.69 Å². The molecule has 0 unspecified atom stereocenters. The average Bonchev–Trinajstić information content (AvgIpc) is 2.27. The van der Waals surface area contributed by atoms with Gasteiger partial charge in [-0.1, -0.05) is 25.3 Å². The molecular weight excluding hydrogens is 190 g/mol. The van der Waals surface area contributed by atoms with Gasteiger partial charge in [0.1, 0.15) is 0 Å². The van der Waals surface area contributed by atoms with Crippen molar-refractivity contribution in [3.05, 3.63) is 42.0 Å². The van der Waals surface area contributed by atoms with Crippen LogP contribution >= 0.6 is 0 Å². The van der Waals surface area contributed by atoms with Crippen molar-refractivity contribution in [2.24, 2.45) is 0 Å². The van der Waals surface area contributed by atoms with Crippen molar-refractivity contribution in [1.82, 2.24) is 0 Å². The SMILES string of the molecule is C=Cc1cc(N)c(C(=O)OC)cc1C=C. The minimum atomic E-state index is -0.453. The van der Waals surface area contributed by atoms with Crippen LogP contribution in [0.2, 0.25) is 0 Å². The molecule has 0 saturated heterocycles. The van der Waals surface area contributed by atoms with Crippen LogP contribution in [0.5, 0.6) is 0 Å². The van der Waals surface area contributed by atoms with Gasteiger partial charge in [0.2, 0.25) is 0 Å². The smallest absolute Gasteiger partial charge is 0.339 e. The molecule has 0 fully saturated rings. The molecule has 1 rings (SSSR count). The monoisotopic (exact) mass is 203 g/mol. The van der Waals surface area contributed by atoms with Gasteiger partial charge in [-0.05, 0) is 23.3 Å². The zero-order valence-electron chi connectivity index (χ0n) is 8.62. The number of carbonyl (C=O) groups is 1. The van der Waals surface area contributed by atoms with Crippen molar-refractivity contribution in [2.75, 3.05) is 12.8 Å². The minimum absolute atomic E-state index is 0.345. The summed E-state index contributed by atoms with van der Waals surface area (Å²) in [5, 5.41) is 0. The lowest BCUT2D eigenvalue weighted by Crippen LogP contribution is -2.06. The van der Waals surface area contributed by atoms with E-state index in [9.17, 15) is 4.79 Å². The number of benzene rings is 1. The summed E-state index contributed by atoms with van der Waals surface area (Å²) in [5.74, 6) is -0.453. The van der Waals surface area contributed by atoms with Crippen molar-refractivity contribution in [3.8, 4) is 0 Å². The fraction of sp³-hybridized carbons (Fsp3) is 0.0833. The third-order valence-electron chi connectivity index (χ3n) is 2.10. The highest BCUT2D eigenvalue weighted by Crippen LogP contribution is 2.21. The second-order valence-electron chi connectivity index (χ2n) is 2.97. The van der Waals surface area contributed by atoms with Gasteiger partial charge in [-0.25, -0.2) is 4.79 Å². The van der Waals surface area contributed by atoms with Crippen molar-refractivity contribution in [1.29, 1.82) is 0 Å². The number of nitrogens with two attached hydrogens (primary N) is 1. The van der Waals surface area contributed by atoms with Crippen LogP contribution in [0.1, 0.15) is 21.5 Å². The second kappa shape index (κ2) is 4.46. The summed E-state index contributed by atoms with van der Waals surface area (Å²) in [5.41, 5.74) is 8.08. The first-order valence-electron chi connectivity index (χ1n) is 4.40. The van der Waals surface area contributed by atoms with E-state index in [0.717, 1.165) is 11.1 Å². The first kappa shape index (κ1) is 11.0. The molecule has 0 saturated carbocycles. The van der Waals surface area contributed by atoms with E-state index in [0.29, 0.717) is 11.3 Å². The van der Waals surface area contributed by atoms with E-state index in [1.165, 1.54) is 7.11 Å². The molecule has 0 aliphatic carbocycles. The standard InChI is InChI=1S/C12H13NO2/c1-4-8-6-10(12(14)15-3)11(13)7-9(8)5-2/h4-7H,1-2,13H2,3H3. The molecule has 0 atom stereocenters. The summed E-state index contributed by atoms with van der Waals surface area (Å²) < 4.78 is 4.61. The Morgan fingerprint density at radius 3 is 2.33 bits per heavy atom. The third-order valence-corrected chi connectivity index (χ3v) is 2.10. The minimum Gasteiger partial charge on any atom is -0.465 e. The van der Waals surface area contributed by atoms with Crippen molar-refractivity contribution in [3.63, 3.8) is 0 Å². The lowest BCUT2D eigenvalue weighted by molar-refractivity contribution is 0.0602. The number of methoxy groups -OCH3 is 1. The Bertz CT molecular complexity index is 422. The van der Waals surface area contributed by atoms with E-state index in [1.807, 2.05) is 0 Å². The molecule has 0 aromatic heterocycles. The Balaban J connectivity index is 3.37. The maximum atomic E-state index is 11.3. The number of nitrogen functional groups attached to an aromatic ring is 1. The van der Waals surface area contributed by atoms with Gasteiger partial charge in [0.05, 0.1) is 12.7 Å². The molecule has 15 heavy (non-hydrogen) atoms. The molecule has 0 heterocycles. The Morgan fingerprint density at radius 1 is 1.33 bits per heavy atom. The van der Waals surface area contributed by atoms with Crippen molar-refractivity contribution < 1.29 is 9.53 Å². The molecule has 0 aliphatic heterocycles. The number of ether oxygens (including phenoxy) is 1. The summed E-state index contributed by atoms with van der Waals surface area (Å²) in [7, 11) is 1.32. The second-order valence-corrected chi connectivity index (χ2v) is 2.97. The quantitative estimate of drug-likeness (QED) is 0.606. The molecule has 0 radical (unpaired) electrons. The van der Waals surface area contributed by atoms with Crippen LogP contribution < -0.4 is 5.73 Å². The highest BCUT2D eigenvalue weighted by atomic mass is 16.5. The van der Waals surface area contributed by atoms with E-state index in [2.05, 4.69) is 17.9 Å². The molecular formula is C12H13NO2. The molecule has 3 heteroatoms. The van der Waals surface area contributed by atoms with Gasteiger partial charge in [0.25, 0.3) is 0 Å². The number of anilines is 1. The Hall–Kier alpha value is -2.03. The molecule has 3 nitrogen and oxygen atoms in total. The van der Waals surface area contributed by atoms with Crippen LogP contribution in [-0.2, 0) is 4.74 Å². The molecule has 1 aromatic carbocycles. The largest absolute Gasteiger partial charge is 0.465 e. The molecule has 0 aliphatic rings. The zero-order valence-corrected chi connectivity index (χ0v) is 8.62. The molecule has 78 valence electrons. The normalized spacial score (nSPS) is 9.40.